The molecule has 0 fully saturated rings. The zero-order valence-corrected chi connectivity index (χ0v) is 29.7. The summed E-state index contributed by atoms with van der Waals surface area (Å²) in [5, 5.41) is 15.6. The van der Waals surface area contributed by atoms with Crippen LogP contribution in [0.2, 0.25) is 0 Å². The van der Waals surface area contributed by atoms with Crippen molar-refractivity contribution in [3.8, 4) is 11.1 Å². The summed E-state index contributed by atoms with van der Waals surface area (Å²) in [7, 11) is 0. The van der Waals surface area contributed by atoms with Crippen molar-refractivity contribution < 1.29 is 0 Å². The van der Waals surface area contributed by atoms with Gasteiger partial charge in [-0.05, 0) is 29.3 Å². The third kappa shape index (κ3) is 4.68. The Morgan fingerprint density at radius 1 is 0.431 bits per heavy atom. The van der Waals surface area contributed by atoms with Crippen molar-refractivity contribution in [1.82, 2.24) is 10.6 Å². The van der Waals surface area contributed by atoms with Gasteiger partial charge in [-0.15, -0.1) is 34.0 Å². The Hall–Kier alpha value is -5.37. The Morgan fingerprint density at radius 2 is 1.00 bits per heavy atom. The fourth-order valence-electron chi connectivity index (χ4n) is 7.79. The van der Waals surface area contributed by atoms with Gasteiger partial charge in [0, 0.05) is 77.2 Å². The summed E-state index contributed by atoms with van der Waals surface area (Å²) >= 11 is 5.63. The molecule has 0 saturated carbocycles. The molecule has 51 heavy (non-hydrogen) atoms. The minimum Gasteiger partial charge on any atom is -0.350 e. The van der Waals surface area contributed by atoms with Crippen molar-refractivity contribution in [3.63, 3.8) is 0 Å². The molecule has 0 bridgehead atoms. The highest BCUT2D eigenvalue weighted by atomic mass is 32.1. The number of hydrogen-bond acceptors (Lipinski definition) is 6. The molecule has 7 aromatic carbocycles. The molecule has 6 heteroatoms. The molecule has 3 aromatic heterocycles. The molecule has 10 aromatic rings. The van der Waals surface area contributed by atoms with Crippen molar-refractivity contribution in [3.05, 3.63) is 168 Å². The normalized spacial score (nSPS) is 16.4. The second-order valence-corrected chi connectivity index (χ2v) is 16.3. The van der Waals surface area contributed by atoms with Gasteiger partial charge in [-0.3, -0.25) is 5.32 Å². The lowest BCUT2D eigenvalue weighted by atomic mass is 10.0. The van der Waals surface area contributed by atoms with E-state index in [2.05, 4.69) is 162 Å². The SMILES string of the molecule is c1ccc(C2=NC(c3cccc4c3sc3ccccc34)NC(c3cccc4c3sc3cc(-c5cccc6c5sc5ccccc56)ccc34)N2)cc1. The molecule has 2 N–H and O–H groups in total. The fraction of sp³-hybridized carbons (Fsp3) is 0.0444. The number of nitrogens with zero attached hydrogens (tertiary/aromatic N) is 1. The van der Waals surface area contributed by atoms with Gasteiger partial charge in [0.25, 0.3) is 0 Å². The average molecular weight is 708 g/mol. The third-order valence-corrected chi connectivity index (χ3v) is 13.9. The van der Waals surface area contributed by atoms with Crippen LogP contribution in [0.5, 0.6) is 0 Å². The number of thiophene rings is 3. The summed E-state index contributed by atoms with van der Waals surface area (Å²) in [4.78, 5) is 5.33. The van der Waals surface area contributed by atoms with E-state index < -0.39 is 0 Å². The first kappa shape index (κ1) is 29.4. The Labute approximate surface area is 306 Å². The van der Waals surface area contributed by atoms with E-state index in [0.29, 0.717) is 0 Å². The van der Waals surface area contributed by atoms with Crippen LogP contribution in [0.3, 0.4) is 0 Å². The van der Waals surface area contributed by atoms with Crippen LogP contribution in [0.25, 0.3) is 71.6 Å². The number of rotatable bonds is 4. The maximum atomic E-state index is 5.33. The fourth-order valence-corrected chi connectivity index (χ4v) is 11.6. The molecule has 242 valence electrons. The van der Waals surface area contributed by atoms with Crippen molar-refractivity contribution in [2.45, 2.75) is 12.3 Å². The number of aliphatic imine (C=N–C) groups is 1. The van der Waals surface area contributed by atoms with Crippen LogP contribution in [-0.4, -0.2) is 5.84 Å². The molecule has 0 saturated heterocycles. The van der Waals surface area contributed by atoms with Crippen LogP contribution in [0.4, 0.5) is 0 Å². The minimum absolute atomic E-state index is 0.143. The monoisotopic (exact) mass is 707 g/mol. The molecule has 11 rings (SSSR count). The number of nitrogens with one attached hydrogen (secondary N) is 2. The second-order valence-electron chi connectivity index (χ2n) is 13.1. The van der Waals surface area contributed by atoms with Gasteiger partial charge in [-0.1, -0.05) is 133 Å². The Balaban J connectivity index is 1.04. The van der Waals surface area contributed by atoms with Crippen LogP contribution in [0, 0.1) is 0 Å². The summed E-state index contributed by atoms with van der Waals surface area (Å²) in [6, 6.07) is 55.1. The van der Waals surface area contributed by atoms with Gasteiger partial charge < -0.3 is 5.32 Å². The van der Waals surface area contributed by atoms with E-state index in [1.54, 1.807) is 0 Å². The van der Waals surface area contributed by atoms with Crippen molar-refractivity contribution in [2.24, 2.45) is 4.99 Å². The first-order valence-corrected chi connectivity index (χ1v) is 19.6. The highest BCUT2D eigenvalue weighted by Gasteiger charge is 2.29. The van der Waals surface area contributed by atoms with Crippen LogP contribution < -0.4 is 10.6 Å². The van der Waals surface area contributed by atoms with Gasteiger partial charge in [0.2, 0.25) is 0 Å². The zero-order chi connectivity index (χ0) is 33.5. The van der Waals surface area contributed by atoms with Crippen LogP contribution in [0.1, 0.15) is 29.0 Å². The lowest BCUT2D eigenvalue weighted by Crippen LogP contribution is -2.45. The number of benzene rings is 7. The molecule has 0 spiro atoms. The lowest BCUT2D eigenvalue weighted by molar-refractivity contribution is 0.413. The number of amidine groups is 1. The number of hydrogen-bond donors (Lipinski definition) is 2. The highest BCUT2D eigenvalue weighted by molar-refractivity contribution is 7.27. The molecule has 2 unspecified atom stereocenters. The highest BCUT2D eigenvalue weighted by Crippen LogP contribution is 2.44. The first-order chi connectivity index (χ1) is 25.3. The molecule has 0 radical (unpaired) electrons. The van der Waals surface area contributed by atoms with E-state index in [0.717, 1.165) is 11.4 Å². The second kappa shape index (κ2) is 11.6. The van der Waals surface area contributed by atoms with E-state index in [9.17, 15) is 0 Å². The molecule has 0 amide bonds. The molecule has 2 atom stereocenters. The van der Waals surface area contributed by atoms with Gasteiger partial charge in [0.15, 0.2) is 0 Å². The Morgan fingerprint density at radius 3 is 1.76 bits per heavy atom. The lowest BCUT2D eigenvalue weighted by Gasteiger charge is -2.32. The maximum absolute atomic E-state index is 5.33. The van der Waals surface area contributed by atoms with Gasteiger partial charge in [-0.25, -0.2) is 4.99 Å². The predicted octanol–water partition coefficient (Wildman–Crippen LogP) is 12.8. The standard InChI is InChI=1S/C45H29N3S3/c1-2-11-26(12-3-1)43-46-44(35-19-9-17-33-30-14-5-7-22-38(30)50-41(33)35)48-45(47-43)36-20-10-18-34-31-24-23-27(25-39(31)51-42(34)36)28-15-8-16-32-29-13-4-6-21-37(29)49-40(28)32/h1-25,44-45,48H,(H,46,47). The van der Waals surface area contributed by atoms with Gasteiger partial charge in [0.1, 0.15) is 18.2 Å². The van der Waals surface area contributed by atoms with Crippen LogP contribution >= 0.6 is 34.0 Å². The van der Waals surface area contributed by atoms with Crippen molar-refractivity contribution >= 4 is 100 Å². The van der Waals surface area contributed by atoms with E-state index in [4.69, 9.17) is 4.99 Å². The molecule has 4 heterocycles. The maximum Gasteiger partial charge on any atom is 0.131 e. The predicted molar refractivity (Wildman–Crippen MR) is 222 cm³/mol. The van der Waals surface area contributed by atoms with Crippen molar-refractivity contribution in [2.75, 3.05) is 0 Å². The molecular formula is C45H29N3S3. The van der Waals surface area contributed by atoms with Crippen LogP contribution in [0.15, 0.2) is 157 Å². The van der Waals surface area contributed by atoms with Gasteiger partial charge in [0.05, 0.1) is 0 Å². The Kier molecular flexibility index (Phi) is 6.67. The van der Waals surface area contributed by atoms with E-state index in [1.807, 2.05) is 34.0 Å². The summed E-state index contributed by atoms with van der Waals surface area (Å²) in [5.74, 6) is 0.902. The molecule has 0 aliphatic carbocycles. The third-order valence-electron chi connectivity index (χ3n) is 10.2. The number of fused-ring (bicyclic) bond motifs is 9. The average Bonchev–Trinajstić information content (AvgIpc) is 3.89. The summed E-state index contributed by atoms with van der Waals surface area (Å²) in [5.41, 5.74) is 6.08. The zero-order valence-electron chi connectivity index (χ0n) is 27.3. The summed E-state index contributed by atoms with van der Waals surface area (Å²) in [6.07, 6.45) is -0.364. The first-order valence-electron chi connectivity index (χ1n) is 17.2. The quantitative estimate of drug-likeness (QED) is 0.191. The summed E-state index contributed by atoms with van der Waals surface area (Å²) < 4.78 is 7.86. The molecular weight excluding hydrogens is 679 g/mol. The summed E-state index contributed by atoms with van der Waals surface area (Å²) in [6.45, 7) is 0. The van der Waals surface area contributed by atoms with Gasteiger partial charge >= 0.3 is 0 Å². The molecule has 1 aliphatic heterocycles. The minimum atomic E-state index is -0.221. The topological polar surface area (TPSA) is 36.4 Å². The van der Waals surface area contributed by atoms with E-state index >= 15 is 0 Å². The van der Waals surface area contributed by atoms with E-state index in [-0.39, 0.29) is 12.3 Å². The largest absolute Gasteiger partial charge is 0.350 e. The van der Waals surface area contributed by atoms with Gasteiger partial charge in [-0.2, -0.15) is 0 Å². The van der Waals surface area contributed by atoms with Crippen molar-refractivity contribution in [1.29, 1.82) is 0 Å². The van der Waals surface area contributed by atoms with E-state index in [1.165, 1.54) is 82.8 Å². The molecule has 3 nitrogen and oxygen atoms in total. The smallest absolute Gasteiger partial charge is 0.131 e. The molecule has 1 aliphatic rings. The van der Waals surface area contributed by atoms with Crippen LogP contribution in [-0.2, 0) is 0 Å². The Bertz CT molecular complexity index is 3000.